The van der Waals surface area contributed by atoms with E-state index in [2.05, 4.69) is 10.3 Å². The molecule has 0 aliphatic carbocycles. The Morgan fingerprint density at radius 2 is 2.09 bits per heavy atom. The third kappa shape index (κ3) is 3.94. The summed E-state index contributed by atoms with van der Waals surface area (Å²) >= 11 is 0. The maximum absolute atomic E-state index is 11.9. The molecule has 3 amide bonds. The highest BCUT2D eigenvalue weighted by Gasteiger charge is 2.51. The summed E-state index contributed by atoms with van der Waals surface area (Å²) in [5, 5.41) is 18.5. The fraction of sp³-hybridized carbons (Fsp3) is 0.667. The molecule has 0 saturated carbocycles. The third-order valence-corrected chi connectivity index (χ3v) is 3.20. The standard InChI is InChI=1S/C12H17N5O6/c1-16(2)4-3-7(19)13-10(21)8-9(20)11(22)17(15-14-8)12-6(5-18)23-12/h6,8,12,18H,3-5H2,1-2H3,(H,13,19,21). The lowest BCUT2D eigenvalue weighted by Crippen LogP contribution is -2.50. The van der Waals surface area contributed by atoms with Gasteiger partial charge >= 0.3 is 5.91 Å². The lowest BCUT2D eigenvalue weighted by Gasteiger charge is -2.20. The average molecular weight is 327 g/mol. The minimum atomic E-state index is -1.69. The number of aliphatic hydroxyl groups is 1. The maximum atomic E-state index is 11.9. The monoisotopic (exact) mass is 327 g/mol. The number of imide groups is 1. The van der Waals surface area contributed by atoms with Crippen LogP contribution in [0.1, 0.15) is 6.42 Å². The van der Waals surface area contributed by atoms with Crippen LogP contribution in [-0.4, -0.2) is 84.1 Å². The smallest absolute Gasteiger partial charge is 0.316 e. The van der Waals surface area contributed by atoms with Crippen LogP contribution in [0.5, 0.6) is 0 Å². The number of carbonyl (C=O) groups is 4. The number of Topliss-reactive ketones (excluding diaryl/α,β-unsaturated/α-hetero) is 1. The minimum Gasteiger partial charge on any atom is -0.393 e. The second-order valence-corrected chi connectivity index (χ2v) is 5.33. The van der Waals surface area contributed by atoms with E-state index in [1.165, 1.54) is 0 Å². The van der Waals surface area contributed by atoms with Gasteiger partial charge in [0.2, 0.25) is 11.9 Å². The molecule has 2 aliphatic rings. The number of nitrogens with one attached hydrogen (secondary N) is 1. The molecular formula is C12H17N5O6. The SMILES string of the molecule is CN(C)CCC(=O)NC(=O)C1N=NN(C2OC2CO)C(=O)C1=O. The molecule has 0 aromatic heterocycles. The molecule has 0 spiro atoms. The summed E-state index contributed by atoms with van der Waals surface area (Å²) in [5.41, 5.74) is 0. The van der Waals surface area contributed by atoms with Gasteiger partial charge < -0.3 is 14.7 Å². The van der Waals surface area contributed by atoms with Crippen molar-refractivity contribution in [2.45, 2.75) is 24.8 Å². The molecule has 2 heterocycles. The normalized spacial score (nSPS) is 26.6. The molecule has 0 aromatic carbocycles. The van der Waals surface area contributed by atoms with Crippen LogP contribution in [0.4, 0.5) is 0 Å². The van der Waals surface area contributed by atoms with Gasteiger partial charge in [-0.2, -0.15) is 5.01 Å². The highest BCUT2D eigenvalue weighted by Crippen LogP contribution is 2.28. The van der Waals surface area contributed by atoms with E-state index >= 15 is 0 Å². The number of hydrogen-bond acceptors (Lipinski definition) is 9. The van der Waals surface area contributed by atoms with Crippen LogP contribution in [0.25, 0.3) is 0 Å². The summed E-state index contributed by atoms with van der Waals surface area (Å²) in [5.74, 6) is -3.75. The molecule has 11 nitrogen and oxygen atoms in total. The number of hydrogen-bond donors (Lipinski definition) is 2. The van der Waals surface area contributed by atoms with E-state index < -0.39 is 41.9 Å². The molecule has 1 saturated heterocycles. The number of amides is 3. The van der Waals surface area contributed by atoms with Crippen LogP contribution in [0.3, 0.4) is 0 Å². The van der Waals surface area contributed by atoms with Gasteiger partial charge in [0, 0.05) is 13.0 Å². The quantitative estimate of drug-likeness (QED) is 0.310. The van der Waals surface area contributed by atoms with Crippen molar-refractivity contribution in [3.63, 3.8) is 0 Å². The van der Waals surface area contributed by atoms with Crippen molar-refractivity contribution < 1.29 is 29.0 Å². The fourth-order valence-corrected chi connectivity index (χ4v) is 1.84. The number of nitrogens with zero attached hydrogens (tertiary/aromatic N) is 4. The molecule has 0 aromatic rings. The van der Waals surface area contributed by atoms with Gasteiger partial charge in [0.05, 0.1) is 6.61 Å². The van der Waals surface area contributed by atoms with Gasteiger partial charge in [-0.15, -0.1) is 5.11 Å². The van der Waals surface area contributed by atoms with E-state index in [9.17, 15) is 19.2 Å². The number of ketones is 1. The van der Waals surface area contributed by atoms with E-state index in [1.807, 2.05) is 5.32 Å². The first-order valence-electron chi connectivity index (χ1n) is 6.88. The first-order valence-corrected chi connectivity index (χ1v) is 6.88. The molecule has 2 N–H and O–H groups in total. The highest BCUT2D eigenvalue weighted by atomic mass is 16.6. The van der Waals surface area contributed by atoms with E-state index in [0.29, 0.717) is 11.6 Å². The Morgan fingerprint density at radius 1 is 1.39 bits per heavy atom. The van der Waals surface area contributed by atoms with Gasteiger partial charge in [-0.25, -0.2) is 0 Å². The molecule has 23 heavy (non-hydrogen) atoms. The molecule has 126 valence electrons. The first-order chi connectivity index (χ1) is 10.8. The number of epoxide rings is 1. The summed E-state index contributed by atoms with van der Waals surface area (Å²) < 4.78 is 4.93. The zero-order valence-electron chi connectivity index (χ0n) is 12.6. The Bertz CT molecular complexity index is 562. The van der Waals surface area contributed by atoms with E-state index in [1.54, 1.807) is 19.0 Å². The third-order valence-electron chi connectivity index (χ3n) is 3.20. The van der Waals surface area contributed by atoms with Crippen LogP contribution in [0.2, 0.25) is 0 Å². The summed E-state index contributed by atoms with van der Waals surface area (Å²) in [4.78, 5) is 49.0. The summed E-state index contributed by atoms with van der Waals surface area (Å²) in [7, 11) is 3.53. The van der Waals surface area contributed by atoms with Crippen LogP contribution >= 0.6 is 0 Å². The van der Waals surface area contributed by atoms with Crippen molar-refractivity contribution in [2.75, 3.05) is 27.2 Å². The zero-order chi connectivity index (χ0) is 17.1. The number of aliphatic hydroxyl groups excluding tert-OH is 1. The molecule has 3 unspecified atom stereocenters. The summed E-state index contributed by atoms with van der Waals surface area (Å²) in [6.45, 7) is 0.0932. The van der Waals surface area contributed by atoms with Crippen molar-refractivity contribution in [3.8, 4) is 0 Å². The molecule has 0 bridgehead atoms. The van der Waals surface area contributed by atoms with E-state index in [0.717, 1.165) is 0 Å². The zero-order valence-corrected chi connectivity index (χ0v) is 12.6. The number of carbonyl (C=O) groups excluding carboxylic acids is 4. The lowest BCUT2D eigenvalue weighted by molar-refractivity contribution is -0.151. The van der Waals surface area contributed by atoms with E-state index in [-0.39, 0.29) is 13.0 Å². The Hall–Kier alpha value is -2.24. The highest BCUT2D eigenvalue weighted by molar-refractivity contribution is 6.42. The molecule has 2 aliphatic heterocycles. The molecule has 3 atom stereocenters. The molecule has 1 fully saturated rings. The Labute approximate surface area is 131 Å². The Morgan fingerprint density at radius 3 is 2.65 bits per heavy atom. The summed E-state index contributed by atoms with van der Waals surface area (Å²) in [6, 6.07) is -1.69. The van der Waals surface area contributed by atoms with Crippen LogP contribution in [0.15, 0.2) is 10.3 Å². The molecule has 2 rings (SSSR count). The van der Waals surface area contributed by atoms with Crippen molar-refractivity contribution >= 4 is 23.5 Å². The van der Waals surface area contributed by atoms with Gasteiger partial charge in [-0.1, -0.05) is 5.22 Å². The minimum absolute atomic E-state index is 0.0605. The van der Waals surface area contributed by atoms with Gasteiger partial charge in [0.15, 0.2) is 6.23 Å². The average Bonchev–Trinajstić information content (AvgIpc) is 3.27. The van der Waals surface area contributed by atoms with Crippen LogP contribution in [0, 0.1) is 0 Å². The van der Waals surface area contributed by atoms with Crippen molar-refractivity contribution in [1.29, 1.82) is 0 Å². The largest absolute Gasteiger partial charge is 0.393 e. The van der Waals surface area contributed by atoms with E-state index in [4.69, 9.17) is 9.84 Å². The predicted molar refractivity (Wildman–Crippen MR) is 72.6 cm³/mol. The van der Waals surface area contributed by atoms with Gasteiger partial charge in [0.1, 0.15) is 6.10 Å². The molecule has 0 radical (unpaired) electrons. The lowest BCUT2D eigenvalue weighted by atomic mass is 10.1. The maximum Gasteiger partial charge on any atom is 0.316 e. The molecule has 11 heteroatoms. The second kappa shape index (κ2) is 6.89. The van der Waals surface area contributed by atoms with Gasteiger partial charge in [-0.05, 0) is 14.1 Å². The number of rotatable bonds is 6. The van der Waals surface area contributed by atoms with Crippen molar-refractivity contribution in [1.82, 2.24) is 15.2 Å². The fourth-order valence-electron chi connectivity index (χ4n) is 1.84. The van der Waals surface area contributed by atoms with Gasteiger partial charge in [-0.3, -0.25) is 24.5 Å². The topological polar surface area (TPSA) is 144 Å². The van der Waals surface area contributed by atoms with Crippen LogP contribution in [-0.2, 0) is 23.9 Å². The first kappa shape index (κ1) is 17.1. The summed E-state index contributed by atoms with van der Waals surface area (Å²) in [6.07, 6.45) is -1.42. The van der Waals surface area contributed by atoms with Crippen molar-refractivity contribution in [2.24, 2.45) is 10.3 Å². The predicted octanol–water partition coefficient (Wildman–Crippen LogP) is -2.55. The Balaban J connectivity index is 1.94. The number of ether oxygens (including phenoxy) is 1. The second-order valence-electron chi connectivity index (χ2n) is 5.33. The molecular weight excluding hydrogens is 310 g/mol. The van der Waals surface area contributed by atoms with Crippen LogP contribution < -0.4 is 5.32 Å². The van der Waals surface area contributed by atoms with Crippen molar-refractivity contribution in [3.05, 3.63) is 0 Å². The Kier molecular flexibility index (Phi) is 5.13. The van der Waals surface area contributed by atoms with Gasteiger partial charge in [0.25, 0.3) is 11.7 Å².